The Morgan fingerprint density at radius 1 is 1.22 bits per heavy atom. The molecule has 2 aromatic rings. The Morgan fingerprint density at radius 2 is 1.96 bits per heavy atom. The number of anilines is 1. The summed E-state index contributed by atoms with van der Waals surface area (Å²) in [6, 6.07) is 1.80. The van der Waals surface area contributed by atoms with Gasteiger partial charge in [-0.3, -0.25) is 4.79 Å². The number of thioether (sulfide) groups is 1. The first-order valence-corrected chi connectivity index (χ1v) is 8.45. The van der Waals surface area contributed by atoms with E-state index in [1.54, 1.807) is 23.1 Å². The molecule has 0 saturated carbocycles. The fourth-order valence-electron chi connectivity index (χ4n) is 2.33. The quantitative estimate of drug-likeness (QED) is 0.701. The minimum Gasteiger partial charge on any atom is -0.338 e. The third-order valence-corrected chi connectivity index (χ3v) is 4.53. The Balaban J connectivity index is 1.48. The van der Waals surface area contributed by atoms with Gasteiger partial charge < -0.3 is 9.80 Å². The van der Waals surface area contributed by atoms with Crippen LogP contribution in [0, 0.1) is 0 Å². The van der Waals surface area contributed by atoms with E-state index in [2.05, 4.69) is 30.4 Å². The lowest BCUT2D eigenvalue weighted by atomic mass is 10.3. The first kappa shape index (κ1) is 15.7. The normalized spacial score (nSPS) is 15.0. The summed E-state index contributed by atoms with van der Waals surface area (Å²) in [6.07, 6.45) is 3.46. The number of hydrogen-bond acceptors (Lipinski definition) is 8. The fraction of sp³-hybridized carbons (Fsp3) is 0.538. The van der Waals surface area contributed by atoms with E-state index in [1.807, 2.05) is 11.8 Å². The van der Waals surface area contributed by atoms with Crippen LogP contribution in [0.5, 0.6) is 0 Å². The SMILES string of the molecule is CCn1nnnc1SCC(=O)N1CCN(c2ncccn2)CC1. The van der Waals surface area contributed by atoms with Crippen LogP contribution in [0.4, 0.5) is 5.95 Å². The van der Waals surface area contributed by atoms with E-state index >= 15 is 0 Å². The predicted molar refractivity (Wildman–Crippen MR) is 85.0 cm³/mol. The maximum Gasteiger partial charge on any atom is 0.233 e. The molecule has 3 rings (SSSR count). The number of nitrogens with zero attached hydrogens (tertiary/aromatic N) is 8. The lowest BCUT2D eigenvalue weighted by molar-refractivity contribution is -0.128. The molecule has 0 radical (unpaired) electrons. The van der Waals surface area contributed by atoms with Crippen molar-refractivity contribution in [3.8, 4) is 0 Å². The maximum absolute atomic E-state index is 12.3. The molecule has 122 valence electrons. The second-order valence-electron chi connectivity index (χ2n) is 4.98. The Labute approximate surface area is 138 Å². The Bertz CT molecular complexity index is 640. The first-order valence-electron chi connectivity index (χ1n) is 7.46. The van der Waals surface area contributed by atoms with Crippen molar-refractivity contribution in [1.29, 1.82) is 0 Å². The minimum atomic E-state index is 0.106. The highest BCUT2D eigenvalue weighted by Gasteiger charge is 2.22. The van der Waals surface area contributed by atoms with E-state index in [4.69, 9.17) is 0 Å². The van der Waals surface area contributed by atoms with Crippen LogP contribution < -0.4 is 4.90 Å². The maximum atomic E-state index is 12.3. The van der Waals surface area contributed by atoms with Gasteiger partial charge >= 0.3 is 0 Å². The topological polar surface area (TPSA) is 92.9 Å². The molecule has 0 spiro atoms. The summed E-state index contributed by atoms with van der Waals surface area (Å²) >= 11 is 1.37. The second-order valence-corrected chi connectivity index (χ2v) is 5.93. The molecule has 1 aliphatic heterocycles. The van der Waals surface area contributed by atoms with Crippen molar-refractivity contribution in [2.45, 2.75) is 18.6 Å². The molecule has 0 aromatic carbocycles. The van der Waals surface area contributed by atoms with Gasteiger partial charge in [0.2, 0.25) is 17.0 Å². The van der Waals surface area contributed by atoms with Gasteiger partial charge in [-0.25, -0.2) is 14.6 Å². The van der Waals surface area contributed by atoms with Crippen molar-refractivity contribution >= 4 is 23.6 Å². The van der Waals surface area contributed by atoms with Gasteiger partial charge in [-0.15, -0.1) is 5.10 Å². The molecule has 9 nitrogen and oxygen atoms in total. The van der Waals surface area contributed by atoms with Gasteiger partial charge in [0, 0.05) is 45.1 Å². The molecule has 1 fully saturated rings. The van der Waals surface area contributed by atoms with Crippen LogP contribution in [0.1, 0.15) is 6.92 Å². The minimum absolute atomic E-state index is 0.106. The van der Waals surface area contributed by atoms with Gasteiger partial charge in [-0.2, -0.15) is 0 Å². The van der Waals surface area contributed by atoms with Crippen LogP contribution in [0.2, 0.25) is 0 Å². The number of aromatic nitrogens is 6. The second kappa shape index (κ2) is 7.36. The average Bonchev–Trinajstić information content (AvgIpc) is 3.08. The van der Waals surface area contributed by atoms with Gasteiger partial charge in [0.15, 0.2) is 0 Å². The molecule has 0 bridgehead atoms. The standard InChI is InChI=1S/C13H18N8OS/c1-2-21-13(16-17-18-21)23-10-11(22)19-6-8-20(9-7-19)12-14-4-3-5-15-12/h3-5H,2,6-10H2,1H3. The van der Waals surface area contributed by atoms with Crippen LogP contribution in [-0.4, -0.2) is 72.9 Å². The van der Waals surface area contributed by atoms with Crippen molar-refractivity contribution in [3.63, 3.8) is 0 Å². The van der Waals surface area contributed by atoms with Crippen LogP contribution >= 0.6 is 11.8 Å². The van der Waals surface area contributed by atoms with Crippen molar-refractivity contribution in [2.24, 2.45) is 0 Å². The van der Waals surface area contributed by atoms with E-state index in [1.165, 1.54) is 11.8 Å². The summed E-state index contributed by atoms with van der Waals surface area (Å²) in [6.45, 7) is 5.50. The third kappa shape index (κ3) is 3.76. The van der Waals surface area contributed by atoms with Crippen molar-refractivity contribution in [1.82, 2.24) is 35.1 Å². The lowest BCUT2D eigenvalue weighted by Gasteiger charge is -2.34. The molecule has 2 aromatic heterocycles. The molecule has 23 heavy (non-hydrogen) atoms. The summed E-state index contributed by atoms with van der Waals surface area (Å²) in [5, 5.41) is 12.1. The number of amides is 1. The monoisotopic (exact) mass is 334 g/mol. The first-order chi connectivity index (χ1) is 11.3. The fourth-order valence-corrected chi connectivity index (χ4v) is 3.17. The van der Waals surface area contributed by atoms with Crippen molar-refractivity contribution in [3.05, 3.63) is 18.5 Å². The highest BCUT2D eigenvalue weighted by Crippen LogP contribution is 2.16. The van der Waals surface area contributed by atoms with Crippen molar-refractivity contribution in [2.75, 3.05) is 36.8 Å². The van der Waals surface area contributed by atoms with E-state index in [9.17, 15) is 4.79 Å². The summed E-state index contributed by atoms with van der Waals surface area (Å²) < 4.78 is 1.68. The van der Waals surface area contributed by atoms with Crippen LogP contribution in [-0.2, 0) is 11.3 Å². The largest absolute Gasteiger partial charge is 0.338 e. The molecule has 1 aliphatic rings. The lowest BCUT2D eigenvalue weighted by Crippen LogP contribution is -2.49. The highest BCUT2D eigenvalue weighted by atomic mass is 32.2. The smallest absolute Gasteiger partial charge is 0.233 e. The number of aryl methyl sites for hydroxylation is 1. The van der Waals surface area contributed by atoms with E-state index in [0.29, 0.717) is 30.5 Å². The number of hydrogen-bond donors (Lipinski definition) is 0. The number of piperazine rings is 1. The Morgan fingerprint density at radius 3 is 2.65 bits per heavy atom. The highest BCUT2D eigenvalue weighted by molar-refractivity contribution is 7.99. The van der Waals surface area contributed by atoms with Crippen LogP contribution in [0.25, 0.3) is 0 Å². The average molecular weight is 334 g/mol. The van der Waals surface area contributed by atoms with E-state index < -0.39 is 0 Å². The Kier molecular flexibility index (Phi) is 5.01. The molecule has 0 N–H and O–H groups in total. The summed E-state index contributed by atoms with van der Waals surface area (Å²) in [4.78, 5) is 24.8. The molecule has 3 heterocycles. The van der Waals surface area contributed by atoms with Gasteiger partial charge in [0.25, 0.3) is 0 Å². The molecule has 1 amide bonds. The van der Waals surface area contributed by atoms with E-state index in [0.717, 1.165) is 19.0 Å². The van der Waals surface area contributed by atoms with Crippen LogP contribution in [0.3, 0.4) is 0 Å². The van der Waals surface area contributed by atoms with Crippen LogP contribution in [0.15, 0.2) is 23.6 Å². The van der Waals surface area contributed by atoms with E-state index in [-0.39, 0.29) is 5.91 Å². The number of carbonyl (C=O) groups excluding carboxylic acids is 1. The van der Waals surface area contributed by atoms with Gasteiger partial charge in [0.1, 0.15) is 0 Å². The predicted octanol–water partition coefficient (Wildman–Crippen LogP) is -0.0761. The molecule has 0 unspecified atom stereocenters. The third-order valence-electron chi connectivity index (χ3n) is 3.59. The summed E-state index contributed by atoms with van der Waals surface area (Å²) in [7, 11) is 0. The zero-order valence-electron chi connectivity index (χ0n) is 12.9. The summed E-state index contributed by atoms with van der Waals surface area (Å²) in [5.74, 6) is 1.17. The Hall–Kier alpha value is -2.23. The van der Waals surface area contributed by atoms with Gasteiger partial charge in [-0.1, -0.05) is 11.8 Å². The molecular formula is C13H18N8OS. The van der Waals surface area contributed by atoms with Gasteiger partial charge in [0.05, 0.1) is 5.75 Å². The van der Waals surface area contributed by atoms with Gasteiger partial charge in [-0.05, 0) is 23.4 Å². The molecular weight excluding hydrogens is 316 g/mol. The number of carbonyl (C=O) groups is 1. The number of tetrazole rings is 1. The zero-order chi connectivity index (χ0) is 16.1. The zero-order valence-corrected chi connectivity index (χ0v) is 13.7. The number of rotatable bonds is 5. The molecule has 0 atom stereocenters. The summed E-state index contributed by atoms with van der Waals surface area (Å²) in [5.41, 5.74) is 0. The molecule has 10 heteroatoms. The molecule has 0 aliphatic carbocycles. The van der Waals surface area contributed by atoms with Crippen molar-refractivity contribution < 1.29 is 4.79 Å². The molecule has 1 saturated heterocycles.